The molecule has 13 aromatic rings. The number of hydrogen-bond donors (Lipinski definition) is 6. The van der Waals surface area contributed by atoms with E-state index in [2.05, 4.69) is 130 Å². The second kappa shape index (κ2) is 39.1. The molecule has 0 aromatic heterocycles. The number of phenols is 4. The van der Waals surface area contributed by atoms with Crippen LogP contribution in [-0.4, -0.2) is 83.5 Å². The molecule has 6 N–H and O–H groups in total. The maximum absolute atomic E-state index is 9.66. The van der Waals surface area contributed by atoms with Crippen molar-refractivity contribution in [1.82, 2.24) is 0 Å². The van der Waals surface area contributed by atoms with Gasteiger partial charge in [0.1, 0.15) is 155 Å². The minimum atomic E-state index is -0.484. The lowest BCUT2D eigenvalue weighted by Gasteiger charge is -2.38. The summed E-state index contributed by atoms with van der Waals surface area (Å²) in [4.78, 5) is 0. The molecular weight excluding hydrogens is 1590 g/mol. The molecule has 0 bridgehead atoms. The number of ether oxygens (including phenoxy) is 11. The fourth-order valence-corrected chi connectivity index (χ4v) is 19.1. The third-order valence-corrected chi connectivity index (χ3v) is 26.1. The molecule has 17 nitrogen and oxygen atoms in total. The maximum Gasteiger partial charge on any atom is 0.135 e. The first kappa shape index (κ1) is 85.9. The predicted octanol–water partition coefficient (Wildman–Crippen LogP) is 25.6. The molecule has 3 aliphatic carbocycles. The van der Waals surface area contributed by atoms with E-state index < -0.39 is 16.2 Å². The summed E-state index contributed by atoms with van der Waals surface area (Å²) in [6.45, 7) is 8.54. The lowest BCUT2D eigenvalue weighted by Crippen LogP contribution is -2.29. The molecule has 3 saturated carbocycles. The van der Waals surface area contributed by atoms with Gasteiger partial charge in [-0.05, 0) is 244 Å². The normalized spacial score (nSPS) is 15.6. The Bertz CT molecular complexity index is 5600. The number of aliphatic hydroxyl groups is 2. The highest BCUT2D eigenvalue weighted by molar-refractivity contribution is 5.69. The van der Waals surface area contributed by atoms with Crippen molar-refractivity contribution < 1.29 is 82.7 Å². The number of aliphatic hydroxyl groups excluding tert-OH is 2. The van der Waals surface area contributed by atoms with Crippen LogP contribution in [0.4, 0.5) is 0 Å². The molecule has 652 valence electrons. The topological polar surface area (TPSA) is 223 Å². The van der Waals surface area contributed by atoms with Gasteiger partial charge in [0.15, 0.2) is 0 Å². The first-order valence-corrected chi connectivity index (χ1v) is 44.8. The standard InChI is InChI=1S/C42H42O7.C38H34O5.C30H34O5/c1-42(31-9-7-30(8-10-31)29-5-3-2-4-6-29)38-21-19-36(47-25-23-45-34-15-11-32(43)12-16-34)27-40(38)49-41-28-37(20-22-39(41)42)48-26-24-46-35-17-13-33(44)14-18-35;1-38(27-9-7-26(8-10-27)25-5-3-2-4-6-25)34-21-19-32(41-30-15-11-28(39)12-16-30)23-36(34)43-37-24-33(20-22-35(37)38)42-31-17-13-29(40)14-18-31;1-30(23-9-7-22(8-10-23)21-5-3-2-4-6-21)26-13-11-24(33-17-15-31)19-28(26)35-29-20-25(34-18-16-32)12-14-27(29)30/h7-22,27-29,43-44H,2-6,23-26H2,1H3;7-25,39-40H,2-6H2,1H3;7-14,19-21,31-32H,2-6,15-18H2,1H3. The van der Waals surface area contributed by atoms with Crippen molar-refractivity contribution in [2.45, 2.75) is 151 Å². The zero-order valence-corrected chi connectivity index (χ0v) is 72.2. The summed E-state index contributed by atoms with van der Waals surface area (Å²) in [6.07, 6.45) is 19.6. The summed E-state index contributed by atoms with van der Waals surface area (Å²) in [5.41, 5.74) is 12.9. The van der Waals surface area contributed by atoms with Gasteiger partial charge in [-0.1, -0.05) is 167 Å². The largest absolute Gasteiger partial charge is 0.508 e. The molecule has 0 unspecified atom stereocenters. The molecule has 6 aliphatic rings. The number of benzene rings is 13. The first-order valence-electron chi connectivity index (χ1n) is 44.8. The smallest absolute Gasteiger partial charge is 0.135 e. The summed E-state index contributed by atoms with van der Waals surface area (Å²) in [7, 11) is 0. The third kappa shape index (κ3) is 19.4. The predicted molar refractivity (Wildman–Crippen MR) is 492 cm³/mol. The Morgan fingerprint density at radius 2 is 0.441 bits per heavy atom. The molecular formula is C110H110O17. The van der Waals surface area contributed by atoms with E-state index in [1.54, 1.807) is 97.1 Å². The van der Waals surface area contributed by atoms with Gasteiger partial charge < -0.3 is 82.7 Å². The van der Waals surface area contributed by atoms with Gasteiger partial charge in [-0.15, -0.1) is 0 Å². The number of hydrogen-bond acceptors (Lipinski definition) is 17. The van der Waals surface area contributed by atoms with Gasteiger partial charge in [-0.2, -0.15) is 0 Å². The number of phenolic OH excluding ortho intramolecular Hbond substituents is 4. The third-order valence-electron chi connectivity index (χ3n) is 26.1. The molecule has 3 fully saturated rings. The first-order chi connectivity index (χ1) is 62.0. The van der Waals surface area contributed by atoms with Gasteiger partial charge in [0, 0.05) is 86.0 Å². The summed E-state index contributed by atoms with van der Waals surface area (Å²) >= 11 is 0. The molecule has 13 aromatic carbocycles. The summed E-state index contributed by atoms with van der Waals surface area (Å²) in [6, 6.07) is 90.1. The molecule has 3 heterocycles. The monoisotopic (exact) mass is 1700 g/mol. The highest BCUT2D eigenvalue weighted by atomic mass is 16.5. The van der Waals surface area contributed by atoms with E-state index in [0.29, 0.717) is 113 Å². The zero-order valence-electron chi connectivity index (χ0n) is 72.2. The van der Waals surface area contributed by atoms with Crippen molar-refractivity contribution in [3.05, 3.63) is 346 Å². The van der Waals surface area contributed by atoms with Crippen molar-refractivity contribution in [2.75, 3.05) is 52.9 Å². The van der Waals surface area contributed by atoms with Crippen LogP contribution in [-0.2, 0) is 16.2 Å². The molecule has 0 saturated heterocycles. The van der Waals surface area contributed by atoms with Gasteiger partial charge in [0.25, 0.3) is 0 Å². The molecule has 3 aliphatic heterocycles. The van der Waals surface area contributed by atoms with Gasteiger partial charge >= 0.3 is 0 Å². The molecule has 17 heteroatoms. The minimum Gasteiger partial charge on any atom is -0.508 e. The van der Waals surface area contributed by atoms with Crippen LogP contribution in [0.3, 0.4) is 0 Å². The highest BCUT2D eigenvalue weighted by Crippen LogP contribution is 2.58. The van der Waals surface area contributed by atoms with E-state index in [9.17, 15) is 20.4 Å². The number of fused-ring (bicyclic) bond motifs is 6. The van der Waals surface area contributed by atoms with Crippen molar-refractivity contribution in [1.29, 1.82) is 0 Å². The van der Waals surface area contributed by atoms with Crippen LogP contribution in [0.5, 0.6) is 115 Å². The van der Waals surface area contributed by atoms with Gasteiger partial charge in [-0.3, -0.25) is 0 Å². The van der Waals surface area contributed by atoms with Gasteiger partial charge in [-0.25, -0.2) is 0 Å². The average molecular weight is 1700 g/mol. The molecule has 0 radical (unpaired) electrons. The SMILES string of the molecule is CC1(c2ccc(C3CCCCC3)cc2)c2ccc(OCCO)cc2Oc2cc(OCCO)ccc21.CC1(c2ccc(C3CCCCC3)cc2)c2ccc(OCCOc3ccc(O)cc3)cc2Oc2cc(OCCOc3ccc(O)cc3)ccc21.CC1(c2ccc(C3CCCCC3)cc2)c2ccc(Oc3ccc(O)cc3)cc2Oc2cc(Oc3ccc(O)cc3)ccc21. The van der Waals surface area contributed by atoms with Crippen LogP contribution >= 0.6 is 0 Å². The van der Waals surface area contributed by atoms with Crippen LogP contribution < -0.4 is 52.1 Å². The highest BCUT2D eigenvalue weighted by Gasteiger charge is 2.44. The van der Waals surface area contributed by atoms with Crippen molar-refractivity contribution in [2.24, 2.45) is 0 Å². The number of rotatable bonds is 26. The van der Waals surface area contributed by atoms with E-state index in [-0.39, 0.29) is 49.4 Å². The van der Waals surface area contributed by atoms with Crippen LogP contribution in [0, 0.1) is 0 Å². The molecule has 19 rings (SSSR count). The fourth-order valence-electron chi connectivity index (χ4n) is 19.1. The molecule has 0 spiro atoms. The average Bonchev–Trinajstić information content (AvgIpc) is 0.733. The van der Waals surface area contributed by atoms with Crippen LogP contribution in [0.15, 0.2) is 279 Å². The van der Waals surface area contributed by atoms with Gasteiger partial charge in [0.05, 0.1) is 13.2 Å². The Balaban J connectivity index is 0.000000136. The van der Waals surface area contributed by atoms with E-state index in [1.165, 1.54) is 130 Å². The summed E-state index contributed by atoms with van der Waals surface area (Å²) in [5.74, 6) is 13.6. The number of aromatic hydroxyl groups is 4. The van der Waals surface area contributed by atoms with Crippen molar-refractivity contribution in [3.63, 3.8) is 0 Å². The van der Waals surface area contributed by atoms with E-state index in [4.69, 9.17) is 62.3 Å². The zero-order chi connectivity index (χ0) is 87.3. The summed E-state index contributed by atoms with van der Waals surface area (Å²) in [5, 5.41) is 56.7. The second-order valence-electron chi connectivity index (χ2n) is 34.2. The molecule has 127 heavy (non-hydrogen) atoms. The van der Waals surface area contributed by atoms with E-state index in [0.717, 1.165) is 56.4 Å². The fraction of sp³-hybridized carbons (Fsp3) is 0.291. The van der Waals surface area contributed by atoms with E-state index in [1.807, 2.05) is 72.8 Å². The molecule has 0 atom stereocenters. The Morgan fingerprint density at radius 3 is 0.685 bits per heavy atom. The molecule has 0 amide bonds. The Morgan fingerprint density at radius 1 is 0.236 bits per heavy atom. The van der Waals surface area contributed by atoms with Crippen molar-refractivity contribution >= 4 is 0 Å². The Kier molecular flexibility index (Phi) is 26.5. The van der Waals surface area contributed by atoms with Crippen LogP contribution in [0.2, 0.25) is 0 Å². The Labute approximate surface area is 743 Å². The van der Waals surface area contributed by atoms with Gasteiger partial charge in [0.2, 0.25) is 0 Å². The maximum atomic E-state index is 9.66. The lowest BCUT2D eigenvalue weighted by molar-refractivity contribution is 0.200. The quantitative estimate of drug-likeness (QED) is 0.0277. The minimum absolute atomic E-state index is 0.0443. The van der Waals surface area contributed by atoms with Crippen LogP contribution in [0.25, 0.3) is 0 Å². The second-order valence-corrected chi connectivity index (χ2v) is 34.2. The summed E-state index contributed by atoms with van der Waals surface area (Å²) < 4.78 is 66.8. The van der Waals surface area contributed by atoms with Crippen molar-refractivity contribution in [3.8, 4) is 115 Å². The van der Waals surface area contributed by atoms with E-state index >= 15 is 0 Å². The Hall–Kier alpha value is -13.2. The lowest BCUT2D eigenvalue weighted by atomic mass is 9.69. The van der Waals surface area contributed by atoms with Crippen LogP contribution in [0.1, 0.15) is 202 Å².